The fraction of sp³-hybridized carbons (Fsp3) is 0.143. The summed E-state index contributed by atoms with van der Waals surface area (Å²) in [5.41, 5.74) is 3.56. The van der Waals surface area contributed by atoms with Crippen molar-refractivity contribution in [1.29, 1.82) is 0 Å². The predicted octanol–water partition coefficient (Wildman–Crippen LogP) is 3.40. The van der Waals surface area contributed by atoms with E-state index in [-0.39, 0.29) is 0 Å². The van der Waals surface area contributed by atoms with Crippen molar-refractivity contribution in [1.82, 2.24) is 9.97 Å². The molecule has 2 heteroatoms. The van der Waals surface area contributed by atoms with Gasteiger partial charge in [-0.1, -0.05) is 0 Å². The summed E-state index contributed by atoms with van der Waals surface area (Å²) < 4.78 is 0. The number of benzene rings is 1. The number of fused-ring (bicyclic) bond motifs is 3. The average molecular weight is 208 g/mol. The van der Waals surface area contributed by atoms with Gasteiger partial charge in [0.15, 0.2) is 0 Å². The lowest BCUT2D eigenvalue weighted by Gasteiger charge is -2.08. The SMILES string of the molecule is Cc1cc2ccncc2c2c(C)ccnc12. The van der Waals surface area contributed by atoms with E-state index in [1.165, 1.54) is 27.3 Å². The lowest BCUT2D eigenvalue weighted by atomic mass is 10.0. The highest BCUT2D eigenvalue weighted by molar-refractivity contribution is 6.08. The van der Waals surface area contributed by atoms with E-state index >= 15 is 0 Å². The van der Waals surface area contributed by atoms with Crippen molar-refractivity contribution in [2.24, 2.45) is 0 Å². The van der Waals surface area contributed by atoms with E-state index in [1.54, 1.807) is 0 Å². The first-order valence-electron chi connectivity index (χ1n) is 5.36. The van der Waals surface area contributed by atoms with Crippen LogP contribution < -0.4 is 0 Å². The topological polar surface area (TPSA) is 25.8 Å². The number of hydrogen-bond donors (Lipinski definition) is 0. The summed E-state index contributed by atoms with van der Waals surface area (Å²) in [6, 6.07) is 6.27. The number of hydrogen-bond acceptors (Lipinski definition) is 2. The summed E-state index contributed by atoms with van der Waals surface area (Å²) in [5.74, 6) is 0. The summed E-state index contributed by atoms with van der Waals surface area (Å²) in [5, 5.41) is 3.65. The van der Waals surface area contributed by atoms with Gasteiger partial charge in [-0.05, 0) is 48.6 Å². The Hall–Kier alpha value is -1.96. The second-order valence-corrected chi connectivity index (χ2v) is 4.14. The zero-order valence-electron chi connectivity index (χ0n) is 9.36. The standard InChI is InChI=1S/C14H12N2/c1-9-3-6-16-14-10(2)7-11-4-5-15-8-12(11)13(9)14/h3-8H,1-2H3. The van der Waals surface area contributed by atoms with Crippen LogP contribution in [-0.4, -0.2) is 9.97 Å². The molecule has 0 N–H and O–H groups in total. The normalized spacial score (nSPS) is 11.1. The molecular formula is C14H12N2. The summed E-state index contributed by atoms with van der Waals surface area (Å²) >= 11 is 0. The molecule has 0 bridgehead atoms. The first-order chi connectivity index (χ1) is 7.77. The molecule has 16 heavy (non-hydrogen) atoms. The zero-order chi connectivity index (χ0) is 11.1. The smallest absolute Gasteiger partial charge is 0.0740 e. The maximum Gasteiger partial charge on any atom is 0.0740 e. The van der Waals surface area contributed by atoms with Crippen molar-refractivity contribution in [3.63, 3.8) is 0 Å². The van der Waals surface area contributed by atoms with Gasteiger partial charge in [-0.2, -0.15) is 0 Å². The predicted molar refractivity (Wildman–Crippen MR) is 66.5 cm³/mol. The molecule has 0 amide bonds. The van der Waals surface area contributed by atoms with Crippen LogP contribution in [0.4, 0.5) is 0 Å². The molecule has 0 spiro atoms. The van der Waals surface area contributed by atoms with Crippen molar-refractivity contribution < 1.29 is 0 Å². The summed E-state index contributed by atoms with van der Waals surface area (Å²) in [7, 11) is 0. The number of nitrogens with zero attached hydrogens (tertiary/aromatic N) is 2. The Balaban J connectivity index is 2.67. The molecule has 0 aliphatic carbocycles. The Kier molecular flexibility index (Phi) is 1.90. The van der Waals surface area contributed by atoms with Crippen molar-refractivity contribution in [2.75, 3.05) is 0 Å². The van der Waals surface area contributed by atoms with E-state index in [0.29, 0.717) is 0 Å². The molecule has 0 aliphatic heterocycles. The number of aromatic nitrogens is 2. The van der Waals surface area contributed by atoms with Crippen LogP contribution in [0, 0.1) is 13.8 Å². The van der Waals surface area contributed by atoms with Gasteiger partial charge in [-0.3, -0.25) is 9.97 Å². The van der Waals surface area contributed by atoms with Gasteiger partial charge >= 0.3 is 0 Å². The van der Waals surface area contributed by atoms with E-state index < -0.39 is 0 Å². The fourth-order valence-corrected chi connectivity index (χ4v) is 2.24. The maximum atomic E-state index is 4.46. The molecule has 1 aromatic carbocycles. The van der Waals surface area contributed by atoms with Crippen molar-refractivity contribution in [2.45, 2.75) is 13.8 Å². The minimum Gasteiger partial charge on any atom is -0.264 e. The Bertz CT molecular complexity index is 687. The largest absolute Gasteiger partial charge is 0.264 e. The molecule has 3 rings (SSSR count). The van der Waals surface area contributed by atoms with E-state index in [2.05, 4.69) is 29.9 Å². The van der Waals surface area contributed by atoms with Crippen molar-refractivity contribution in [3.8, 4) is 0 Å². The highest BCUT2D eigenvalue weighted by Gasteiger charge is 2.06. The minimum absolute atomic E-state index is 1.08. The Labute approximate surface area is 94.0 Å². The van der Waals surface area contributed by atoms with Crippen LogP contribution in [0.5, 0.6) is 0 Å². The van der Waals surface area contributed by atoms with Crippen LogP contribution in [0.3, 0.4) is 0 Å². The summed E-state index contributed by atoms with van der Waals surface area (Å²) in [4.78, 5) is 8.67. The first kappa shape index (κ1) is 9.28. The van der Waals surface area contributed by atoms with Gasteiger partial charge in [-0.15, -0.1) is 0 Å². The third kappa shape index (κ3) is 1.20. The average Bonchev–Trinajstić information content (AvgIpc) is 2.30. The molecule has 2 aromatic heterocycles. The van der Waals surface area contributed by atoms with Gasteiger partial charge in [0, 0.05) is 29.4 Å². The first-order valence-corrected chi connectivity index (χ1v) is 5.36. The Morgan fingerprint density at radius 1 is 1.00 bits per heavy atom. The van der Waals surface area contributed by atoms with Crippen LogP contribution in [0.25, 0.3) is 21.7 Å². The van der Waals surface area contributed by atoms with Gasteiger partial charge in [0.05, 0.1) is 5.52 Å². The Morgan fingerprint density at radius 3 is 2.75 bits per heavy atom. The molecule has 3 aromatic rings. The lowest BCUT2D eigenvalue weighted by Crippen LogP contribution is -1.89. The highest BCUT2D eigenvalue weighted by Crippen LogP contribution is 2.28. The second kappa shape index (κ2) is 3.27. The van der Waals surface area contributed by atoms with Crippen LogP contribution >= 0.6 is 0 Å². The van der Waals surface area contributed by atoms with Crippen LogP contribution in [-0.2, 0) is 0 Å². The highest BCUT2D eigenvalue weighted by atomic mass is 14.7. The molecule has 0 unspecified atom stereocenters. The van der Waals surface area contributed by atoms with Crippen molar-refractivity contribution in [3.05, 3.63) is 47.9 Å². The molecule has 0 fully saturated rings. The molecule has 0 radical (unpaired) electrons. The molecule has 2 nitrogen and oxygen atoms in total. The van der Waals surface area contributed by atoms with E-state index in [1.807, 2.05) is 30.7 Å². The summed E-state index contributed by atoms with van der Waals surface area (Å²) in [6.45, 7) is 4.23. The zero-order valence-corrected chi connectivity index (χ0v) is 9.36. The van der Waals surface area contributed by atoms with E-state index in [4.69, 9.17) is 0 Å². The quantitative estimate of drug-likeness (QED) is 0.529. The minimum atomic E-state index is 1.08. The van der Waals surface area contributed by atoms with Gasteiger partial charge in [0.25, 0.3) is 0 Å². The van der Waals surface area contributed by atoms with Gasteiger partial charge in [0.1, 0.15) is 0 Å². The third-order valence-electron chi connectivity index (χ3n) is 3.03. The van der Waals surface area contributed by atoms with Crippen LogP contribution in [0.1, 0.15) is 11.1 Å². The second-order valence-electron chi connectivity index (χ2n) is 4.14. The van der Waals surface area contributed by atoms with Crippen molar-refractivity contribution >= 4 is 21.7 Å². The Morgan fingerprint density at radius 2 is 1.88 bits per heavy atom. The number of pyridine rings is 2. The summed E-state index contributed by atoms with van der Waals surface area (Å²) in [6.07, 6.45) is 5.62. The fourth-order valence-electron chi connectivity index (χ4n) is 2.24. The van der Waals surface area contributed by atoms with Gasteiger partial charge in [-0.25, -0.2) is 0 Å². The molecule has 78 valence electrons. The number of rotatable bonds is 0. The monoisotopic (exact) mass is 208 g/mol. The van der Waals surface area contributed by atoms with E-state index in [0.717, 1.165) is 5.52 Å². The molecule has 0 atom stereocenters. The molecule has 0 aliphatic rings. The maximum absolute atomic E-state index is 4.46. The van der Waals surface area contributed by atoms with Crippen LogP contribution in [0.2, 0.25) is 0 Å². The molecule has 0 saturated heterocycles. The number of aryl methyl sites for hydroxylation is 2. The molecule has 0 saturated carbocycles. The third-order valence-corrected chi connectivity index (χ3v) is 3.03. The van der Waals surface area contributed by atoms with E-state index in [9.17, 15) is 0 Å². The molecular weight excluding hydrogens is 196 g/mol. The van der Waals surface area contributed by atoms with Gasteiger partial charge < -0.3 is 0 Å². The molecule has 2 heterocycles. The van der Waals surface area contributed by atoms with Gasteiger partial charge in [0.2, 0.25) is 0 Å². The van der Waals surface area contributed by atoms with Crippen LogP contribution in [0.15, 0.2) is 36.8 Å². The lowest BCUT2D eigenvalue weighted by molar-refractivity contribution is 1.33.